The largest absolute Gasteiger partial charge is 0.451 e. The summed E-state index contributed by atoms with van der Waals surface area (Å²) in [6.45, 7) is 0. The average molecular weight is 537 g/mol. The molecule has 0 spiro atoms. The van der Waals surface area contributed by atoms with Gasteiger partial charge in [-0.2, -0.15) is 0 Å². The lowest BCUT2D eigenvalue weighted by atomic mass is 10.0. The van der Waals surface area contributed by atoms with E-state index in [2.05, 4.69) is 10.6 Å². The van der Waals surface area contributed by atoms with Gasteiger partial charge in [0.1, 0.15) is 16.7 Å². The first kappa shape index (κ1) is 26.3. The zero-order valence-corrected chi connectivity index (χ0v) is 21.9. The van der Waals surface area contributed by atoms with Crippen LogP contribution in [0.4, 0.5) is 0 Å². The van der Waals surface area contributed by atoms with Crippen LogP contribution in [0.25, 0.3) is 0 Å². The summed E-state index contributed by atoms with van der Waals surface area (Å²) in [7, 11) is 0. The van der Waals surface area contributed by atoms with Gasteiger partial charge in [0.2, 0.25) is 11.8 Å². The van der Waals surface area contributed by atoms with Crippen molar-refractivity contribution in [2.24, 2.45) is 0 Å². The SMILES string of the molecule is O=C(Cc1ccccc1)N[C@@H]1C(=O)N[C@@H]1SC(C(=O)OC(c1ccccc1)c1ccccc1)c1ccccc1. The molecule has 2 amide bonds. The molecule has 39 heavy (non-hydrogen) atoms. The number of β-lactam (4-membered cyclic amide) rings is 1. The van der Waals surface area contributed by atoms with Crippen molar-refractivity contribution in [1.29, 1.82) is 0 Å². The Morgan fingerprint density at radius 1 is 0.744 bits per heavy atom. The number of ether oxygens (including phenoxy) is 1. The molecule has 196 valence electrons. The van der Waals surface area contributed by atoms with Crippen molar-refractivity contribution in [3.63, 3.8) is 0 Å². The maximum absolute atomic E-state index is 13.8. The molecule has 0 saturated carbocycles. The van der Waals surface area contributed by atoms with E-state index in [9.17, 15) is 14.4 Å². The first-order chi connectivity index (χ1) is 19.1. The van der Waals surface area contributed by atoms with Crippen molar-refractivity contribution in [1.82, 2.24) is 10.6 Å². The maximum atomic E-state index is 13.8. The molecule has 5 rings (SSSR count). The summed E-state index contributed by atoms with van der Waals surface area (Å²) in [4.78, 5) is 38.9. The molecule has 1 fully saturated rings. The number of amides is 2. The number of nitrogens with one attached hydrogen (secondary N) is 2. The highest BCUT2D eigenvalue weighted by Gasteiger charge is 2.44. The van der Waals surface area contributed by atoms with Crippen LogP contribution in [-0.4, -0.2) is 29.2 Å². The van der Waals surface area contributed by atoms with E-state index in [-0.39, 0.29) is 18.2 Å². The molecule has 1 aliphatic rings. The molecule has 0 aromatic heterocycles. The van der Waals surface area contributed by atoms with Gasteiger partial charge in [-0.1, -0.05) is 121 Å². The van der Waals surface area contributed by atoms with Crippen LogP contribution in [0.2, 0.25) is 0 Å². The van der Waals surface area contributed by atoms with E-state index in [0.717, 1.165) is 22.3 Å². The lowest BCUT2D eigenvalue weighted by molar-refractivity contribution is -0.147. The first-order valence-corrected chi connectivity index (χ1v) is 13.7. The van der Waals surface area contributed by atoms with E-state index in [4.69, 9.17) is 4.74 Å². The molecule has 1 unspecified atom stereocenters. The average Bonchev–Trinajstić information content (AvgIpc) is 2.98. The maximum Gasteiger partial charge on any atom is 0.324 e. The van der Waals surface area contributed by atoms with Gasteiger partial charge in [-0.15, -0.1) is 11.8 Å². The fraction of sp³-hybridized carbons (Fsp3) is 0.156. The van der Waals surface area contributed by atoms with Crippen LogP contribution < -0.4 is 10.6 Å². The third-order valence-corrected chi connectivity index (χ3v) is 7.85. The second-order valence-electron chi connectivity index (χ2n) is 9.20. The van der Waals surface area contributed by atoms with Gasteiger partial charge in [0.05, 0.1) is 6.42 Å². The molecule has 1 aliphatic heterocycles. The minimum Gasteiger partial charge on any atom is -0.451 e. The van der Waals surface area contributed by atoms with Crippen LogP contribution in [0.3, 0.4) is 0 Å². The van der Waals surface area contributed by atoms with Gasteiger partial charge in [0.15, 0.2) is 6.10 Å². The Bertz CT molecular complexity index is 1360. The molecule has 1 heterocycles. The summed E-state index contributed by atoms with van der Waals surface area (Å²) in [5.74, 6) is -0.960. The van der Waals surface area contributed by atoms with E-state index < -0.39 is 28.7 Å². The zero-order valence-electron chi connectivity index (χ0n) is 21.1. The number of esters is 1. The van der Waals surface area contributed by atoms with E-state index in [1.807, 2.05) is 121 Å². The number of benzene rings is 4. The summed E-state index contributed by atoms with van der Waals surface area (Å²) < 4.78 is 6.17. The molecule has 4 aromatic carbocycles. The predicted octanol–water partition coefficient (Wildman–Crippen LogP) is 4.98. The number of rotatable bonds is 10. The zero-order chi connectivity index (χ0) is 27.0. The number of hydrogen-bond donors (Lipinski definition) is 2. The van der Waals surface area contributed by atoms with Crippen LogP contribution in [-0.2, 0) is 25.5 Å². The summed E-state index contributed by atoms with van der Waals surface area (Å²) in [5, 5.41) is 4.46. The molecule has 3 atom stereocenters. The number of hydrogen-bond acceptors (Lipinski definition) is 5. The third kappa shape index (κ3) is 6.56. The standard InChI is InChI=1S/C32H28N2O4S/c35-26(21-22-13-5-1-6-14-22)33-27-30(36)34-31(27)39-29(25-19-11-4-12-20-25)32(37)38-28(23-15-7-2-8-16-23)24-17-9-3-10-18-24/h1-20,27-29,31H,21H2,(H,33,35)(H,34,36)/t27-,29?,31-/m1/s1. The molecule has 0 radical (unpaired) electrons. The van der Waals surface area contributed by atoms with Gasteiger partial charge in [-0.25, -0.2) is 0 Å². The summed E-state index contributed by atoms with van der Waals surface area (Å²) >= 11 is 1.26. The summed E-state index contributed by atoms with van der Waals surface area (Å²) in [6.07, 6.45) is -0.425. The van der Waals surface area contributed by atoms with Crippen molar-refractivity contribution in [2.45, 2.75) is 29.2 Å². The fourth-order valence-electron chi connectivity index (χ4n) is 4.42. The monoisotopic (exact) mass is 536 g/mol. The second kappa shape index (κ2) is 12.5. The molecule has 6 nitrogen and oxygen atoms in total. The van der Waals surface area contributed by atoms with Crippen LogP contribution in [0.15, 0.2) is 121 Å². The fourth-order valence-corrected chi connectivity index (χ4v) is 5.73. The Morgan fingerprint density at radius 2 is 1.23 bits per heavy atom. The Kier molecular flexibility index (Phi) is 8.39. The Hall–Kier alpha value is -4.36. The lowest BCUT2D eigenvalue weighted by Gasteiger charge is -2.38. The first-order valence-electron chi connectivity index (χ1n) is 12.7. The lowest BCUT2D eigenvalue weighted by Crippen LogP contribution is -2.68. The molecule has 0 aliphatic carbocycles. The van der Waals surface area contributed by atoms with Gasteiger partial charge in [-0.05, 0) is 22.3 Å². The highest BCUT2D eigenvalue weighted by atomic mass is 32.2. The van der Waals surface area contributed by atoms with Crippen LogP contribution in [0.5, 0.6) is 0 Å². The van der Waals surface area contributed by atoms with Crippen LogP contribution in [0.1, 0.15) is 33.6 Å². The Morgan fingerprint density at radius 3 is 1.74 bits per heavy atom. The molecule has 7 heteroatoms. The molecular formula is C32H28N2O4S. The van der Waals surface area contributed by atoms with E-state index in [0.29, 0.717) is 0 Å². The van der Waals surface area contributed by atoms with Crippen molar-refractivity contribution < 1.29 is 19.1 Å². The molecule has 2 N–H and O–H groups in total. The number of thioether (sulfide) groups is 1. The van der Waals surface area contributed by atoms with Crippen molar-refractivity contribution >= 4 is 29.5 Å². The molecule has 4 aromatic rings. The van der Waals surface area contributed by atoms with E-state index >= 15 is 0 Å². The van der Waals surface area contributed by atoms with Crippen molar-refractivity contribution in [3.05, 3.63) is 144 Å². The van der Waals surface area contributed by atoms with Crippen molar-refractivity contribution in [3.8, 4) is 0 Å². The van der Waals surface area contributed by atoms with Crippen molar-refractivity contribution in [2.75, 3.05) is 0 Å². The van der Waals surface area contributed by atoms with E-state index in [1.54, 1.807) is 0 Å². The number of carbonyl (C=O) groups is 3. The second-order valence-corrected chi connectivity index (χ2v) is 10.5. The molecule has 0 bridgehead atoms. The van der Waals surface area contributed by atoms with E-state index in [1.165, 1.54) is 11.8 Å². The minimum absolute atomic E-state index is 0.169. The smallest absolute Gasteiger partial charge is 0.324 e. The topological polar surface area (TPSA) is 84.5 Å². The van der Waals surface area contributed by atoms with Crippen LogP contribution in [0, 0.1) is 0 Å². The Labute approximate surface area is 231 Å². The van der Waals surface area contributed by atoms with Gasteiger partial charge < -0.3 is 15.4 Å². The van der Waals surface area contributed by atoms with Gasteiger partial charge in [0, 0.05) is 0 Å². The Balaban J connectivity index is 1.34. The quantitative estimate of drug-likeness (QED) is 0.221. The number of carbonyl (C=O) groups excluding carboxylic acids is 3. The summed E-state index contributed by atoms with van der Waals surface area (Å²) in [5.41, 5.74) is 3.33. The summed E-state index contributed by atoms with van der Waals surface area (Å²) in [6, 6.07) is 37.1. The highest BCUT2D eigenvalue weighted by molar-refractivity contribution is 8.01. The highest BCUT2D eigenvalue weighted by Crippen LogP contribution is 2.38. The van der Waals surface area contributed by atoms with Gasteiger partial charge in [0.25, 0.3) is 0 Å². The third-order valence-electron chi connectivity index (χ3n) is 6.43. The predicted molar refractivity (Wildman–Crippen MR) is 152 cm³/mol. The minimum atomic E-state index is -0.746. The van der Waals surface area contributed by atoms with Crippen LogP contribution >= 0.6 is 11.8 Å². The molecular weight excluding hydrogens is 508 g/mol. The molecule has 1 saturated heterocycles. The normalized spacial score (nSPS) is 17.0. The van der Waals surface area contributed by atoms with Gasteiger partial charge >= 0.3 is 5.97 Å². The van der Waals surface area contributed by atoms with Gasteiger partial charge in [-0.3, -0.25) is 14.4 Å².